The Morgan fingerprint density at radius 2 is 1.64 bits per heavy atom. The van der Waals surface area contributed by atoms with E-state index in [2.05, 4.69) is 5.32 Å². The van der Waals surface area contributed by atoms with Crippen molar-refractivity contribution in [3.63, 3.8) is 0 Å². The van der Waals surface area contributed by atoms with Crippen molar-refractivity contribution < 1.29 is 14.7 Å². The first-order chi connectivity index (χ1) is 11.8. The molecule has 0 saturated carbocycles. The lowest BCUT2D eigenvalue weighted by molar-refractivity contribution is -0.141. The van der Waals surface area contributed by atoms with Crippen LogP contribution in [0.5, 0.6) is 0 Å². The molecular formula is C21H25NO3. The van der Waals surface area contributed by atoms with Gasteiger partial charge in [-0.3, -0.25) is 9.59 Å². The van der Waals surface area contributed by atoms with Crippen molar-refractivity contribution >= 4 is 11.9 Å². The van der Waals surface area contributed by atoms with Gasteiger partial charge in [0, 0.05) is 6.54 Å². The summed E-state index contributed by atoms with van der Waals surface area (Å²) in [6.45, 7) is 5.80. The molecule has 2 aromatic rings. The molecule has 1 atom stereocenters. The quantitative estimate of drug-likeness (QED) is 0.813. The van der Waals surface area contributed by atoms with Crippen LogP contribution in [0, 0.1) is 12.8 Å². The molecule has 2 aromatic carbocycles. The van der Waals surface area contributed by atoms with Gasteiger partial charge in [-0.1, -0.05) is 54.6 Å². The van der Waals surface area contributed by atoms with Crippen molar-refractivity contribution in [1.29, 1.82) is 0 Å². The number of nitrogens with one attached hydrogen (secondary N) is 1. The van der Waals surface area contributed by atoms with E-state index in [1.807, 2.05) is 75.4 Å². The monoisotopic (exact) mass is 339 g/mol. The fourth-order valence-electron chi connectivity index (χ4n) is 2.98. The summed E-state index contributed by atoms with van der Waals surface area (Å²) in [6.07, 6.45) is 0.390. The number of aliphatic carboxylic acids is 1. The minimum absolute atomic E-state index is 0.109. The molecule has 1 unspecified atom stereocenters. The molecule has 4 heteroatoms. The first kappa shape index (κ1) is 18.7. The highest BCUT2D eigenvalue weighted by molar-refractivity contribution is 5.88. The second-order valence-electron chi connectivity index (χ2n) is 6.87. The second kappa shape index (κ2) is 7.97. The average Bonchev–Trinajstić information content (AvgIpc) is 2.59. The molecular weight excluding hydrogens is 314 g/mol. The summed E-state index contributed by atoms with van der Waals surface area (Å²) < 4.78 is 0. The molecule has 0 aliphatic rings. The van der Waals surface area contributed by atoms with Crippen LogP contribution in [0.25, 0.3) is 0 Å². The Balaban J connectivity index is 2.05. The van der Waals surface area contributed by atoms with Crippen LogP contribution in [-0.4, -0.2) is 23.5 Å². The summed E-state index contributed by atoms with van der Waals surface area (Å²) in [4.78, 5) is 24.2. The maximum Gasteiger partial charge on any atom is 0.308 e. The maximum atomic E-state index is 12.7. The topological polar surface area (TPSA) is 66.4 Å². The molecule has 1 amide bonds. The normalized spacial score (nSPS) is 12.4. The number of carbonyl (C=O) groups is 2. The molecule has 0 bridgehead atoms. The molecule has 2 rings (SSSR count). The smallest absolute Gasteiger partial charge is 0.308 e. The molecule has 0 radical (unpaired) electrons. The van der Waals surface area contributed by atoms with Crippen molar-refractivity contribution in [1.82, 2.24) is 5.32 Å². The molecule has 0 aliphatic heterocycles. The van der Waals surface area contributed by atoms with E-state index in [1.54, 1.807) is 0 Å². The van der Waals surface area contributed by atoms with E-state index in [0.29, 0.717) is 6.42 Å². The lowest BCUT2D eigenvalue weighted by atomic mass is 9.81. The summed E-state index contributed by atoms with van der Waals surface area (Å²) in [5, 5.41) is 12.3. The minimum atomic E-state index is -0.905. The van der Waals surface area contributed by atoms with Crippen molar-refractivity contribution in [2.45, 2.75) is 32.6 Å². The van der Waals surface area contributed by atoms with Crippen molar-refractivity contribution in [2.24, 2.45) is 5.92 Å². The Labute approximate surface area is 148 Å². The Morgan fingerprint density at radius 3 is 2.24 bits per heavy atom. The number of hydrogen-bond acceptors (Lipinski definition) is 2. The van der Waals surface area contributed by atoms with E-state index in [9.17, 15) is 14.7 Å². The van der Waals surface area contributed by atoms with E-state index in [4.69, 9.17) is 0 Å². The highest BCUT2D eigenvalue weighted by atomic mass is 16.4. The van der Waals surface area contributed by atoms with Crippen LogP contribution in [0.3, 0.4) is 0 Å². The van der Waals surface area contributed by atoms with Crippen LogP contribution in [0.2, 0.25) is 0 Å². The molecule has 0 saturated heterocycles. The fourth-order valence-corrected chi connectivity index (χ4v) is 2.98. The maximum absolute atomic E-state index is 12.7. The van der Waals surface area contributed by atoms with E-state index in [1.165, 1.54) is 0 Å². The number of aryl methyl sites for hydroxylation is 1. The largest absolute Gasteiger partial charge is 0.481 e. The zero-order chi connectivity index (χ0) is 18.4. The van der Waals surface area contributed by atoms with Crippen molar-refractivity contribution in [3.05, 3.63) is 71.3 Å². The van der Waals surface area contributed by atoms with Gasteiger partial charge >= 0.3 is 5.97 Å². The van der Waals surface area contributed by atoms with Gasteiger partial charge < -0.3 is 10.4 Å². The van der Waals surface area contributed by atoms with Crippen LogP contribution >= 0.6 is 0 Å². The van der Waals surface area contributed by atoms with Gasteiger partial charge in [-0.15, -0.1) is 0 Å². The first-order valence-electron chi connectivity index (χ1n) is 8.43. The predicted molar refractivity (Wildman–Crippen MR) is 98.5 cm³/mol. The number of benzene rings is 2. The Hall–Kier alpha value is -2.62. The molecule has 0 aliphatic carbocycles. The van der Waals surface area contributed by atoms with Crippen LogP contribution in [-0.2, 0) is 21.4 Å². The molecule has 0 spiro atoms. The van der Waals surface area contributed by atoms with Gasteiger partial charge in [0.2, 0.25) is 5.91 Å². The average molecular weight is 339 g/mol. The van der Waals surface area contributed by atoms with Crippen LogP contribution in [0.15, 0.2) is 54.6 Å². The number of amides is 1. The van der Waals surface area contributed by atoms with Crippen LogP contribution in [0.4, 0.5) is 0 Å². The van der Waals surface area contributed by atoms with Crippen LogP contribution in [0.1, 0.15) is 30.5 Å². The molecule has 0 fully saturated rings. The van der Waals surface area contributed by atoms with E-state index in [-0.39, 0.29) is 12.5 Å². The highest BCUT2D eigenvalue weighted by Gasteiger charge is 2.31. The summed E-state index contributed by atoms with van der Waals surface area (Å²) in [5.74, 6) is -1.72. The molecule has 0 aromatic heterocycles. The molecule has 0 heterocycles. The fraction of sp³-hybridized carbons (Fsp3) is 0.333. The van der Waals surface area contributed by atoms with Gasteiger partial charge in [0.1, 0.15) is 0 Å². The number of hydrogen-bond donors (Lipinski definition) is 2. The number of rotatable bonds is 7. The molecule has 25 heavy (non-hydrogen) atoms. The third-order valence-corrected chi connectivity index (χ3v) is 4.57. The van der Waals surface area contributed by atoms with Gasteiger partial charge in [0.05, 0.1) is 11.3 Å². The van der Waals surface area contributed by atoms with Gasteiger partial charge in [-0.05, 0) is 43.9 Å². The molecule has 132 valence electrons. The van der Waals surface area contributed by atoms with E-state index >= 15 is 0 Å². The lowest BCUT2D eigenvalue weighted by Crippen LogP contribution is -2.43. The third kappa shape index (κ3) is 4.69. The summed E-state index contributed by atoms with van der Waals surface area (Å²) in [6, 6.07) is 17.2. The van der Waals surface area contributed by atoms with Gasteiger partial charge in [0.25, 0.3) is 0 Å². The Kier molecular flexibility index (Phi) is 5.97. The number of carboxylic acids is 1. The summed E-state index contributed by atoms with van der Waals surface area (Å²) in [5.41, 5.74) is 2.22. The highest BCUT2D eigenvalue weighted by Crippen LogP contribution is 2.26. The van der Waals surface area contributed by atoms with Gasteiger partial charge in [-0.2, -0.15) is 0 Å². The van der Waals surface area contributed by atoms with Gasteiger partial charge in [0.15, 0.2) is 0 Å². The predicted octanol–water partition coefficient (Wildman–Crippen LogP) is 3.33. The Bertz CT molecular complexity index is 738. The standard InChI is InChI=1S/C21H25NO3/c1-15-9-7-8-12-18(15)21(2,3)20(25)22-14-17(19(23)24)13-16-10-5-4-6-11-16/h4-12,17H,13-14H2,1-3H3,(H,22,25)(H,23,24). The van der Waals surface area contributed by atoms with Crippen molar-refractivity contribution in [3.8, 4) is 0 Å². The number of carboxylic acid groups (broad SMARTS) is 1. The SMILES string of the molecule is Cc1ccccc1C(C)(C)C(=O)NCC(Cc1ccccc1)C(=O)O. The van der Waals surface area contributed by atoms with Crippen LogP contribution < -0.4 is 5.32 Å². The minimum Gasteiger partial charge on any atom is -0.481 e. The van der Waals surface area contributed by atoms with E-state index in [0.717, 1.165) is 16.7 Å². The zero-order valence-corrected chi connectivity index (χ0v) is 15.0. The summed E-state index contributed by atoms with van der Waals surface area (Å²) in [7, 11) is 0. The third-order valence-electron chi connectivity index (χ3n) is 4.57. The summed E-state index contributed by atoms with van der Waals surface area (Å²) >= 11 is 0. The Morgan fingerprint density at radius 1 is 1.04 bits per heavy atom. The van der Waals surface area contributed by atoms with E-state index < -0.39 is 17.3 Å². The number of carbonyl (C=O) groups excluding carboxylic acids is 1. The zero-order valence-electron chi connectivity index (χ0n) is 15.0. The van der Waals surface area contributed by atoms with Crippen molar-refractivity contribution in [2.75, 3.05) is 6.54 Å². The molecule has 4 nitrogen and oxygen atoms in total. The lowest BCUT2D eigenvalue weighted by Gasteiger charge is -2.26. The molecule has 2 N–H and O–H groups in total. The second-order valence-corrected chi connectivity index (χ2v) is 6.87. The first-order valence-corrected chi connectivity index (χ1v) is 8.43. The van der Waals surface area contributed by atoms with Gasteiger partial charge in [-0.25, -0.2) is 0 Å².